The van der Waals surface area contributed by atoms with Gasteiger partial charge in [0.2, 0.25) is 0 Å². The molecular weight excluding hydrogens is 289 g/mol. The summed E-state index contributed by atoms with van der Waals surface area (Å²) in [7, 11) is 0. The number of aromatic nitrogens is 2. The molecule has 20 heavy (non-hydrogen) atoms. The van der Waals surface area contributed by atoms with Crippen molar-refractivity contribution in [2.75, 3.05) is 0 Å². The molecular formula is C12H13F3N4S. The number of nitrogens with zero attached hydrogens (tertiary/aromatic N) is 2. The second-order valence-corrected chi connectivity index (χ2v) is 5.21. The van der Waals surface area contributed by atoms with E-state index in [9.17, 15) is 13.2 Å². The first-order valence-electron chi connectivity index (χ1n) is 5.89. The van der Waals surface area contributed by atoms with Gasteiger partial charge in [0.15, 0.2) is 5.01 Å². The average molecular weight is 302 g/mol. The van der Waals surface area contributed by atoms with Crippen LogP contribution in [0.15, 0.2) is 30.6 Å². The Kier molecular flexibility index (Phi) is 4.69. The molecule has 0 spiro atoms. The molecule has 108 valence electrons. The van der Waals surface area contributed by atoms with Crippen LogP contribution >= 0.6 is 11.3 Å². The second-order valence-electron chi connectivity index (χ2n) is 4.14. The minimum atomic E-state index is -4.41. The SMILES string of the molecule is NNC(CCc1ccccn1)c1cnc(C(F)(F)F)s1. The number of hydrogen-bond acceptors (Lipinski definition) is 5. The number of thiazole rings is 1. The first kappa shape index (κ1) is 14.9. The van der Waals surface area contributed by atoms with Crippen LogP contribution in [0.25, 0.3) is 0 Å². The summed E-state index contributed by atoms with van der Waals surface area (Å²) in [6.45, 7) is 0. The van der Waals surface area contributed by atoms with E-state index in [2.05, 4.69) is 15.4 Å². The van der Waals surface area contributed by atoms with Gasteiger partial charge in [0, 0.05) is 23.0 Å². The van der Waals surface area contributed by atoms with Crippen molar-refractivity contribution >= 4 is 11.3 Å². The Morgan fingerprint density at radius 2 is 2.10 bits per heavy atom. The number of hydrogen-bond donors (Lipinski definition) is 2. The smallest absolute Gasteiger partial charge is 0.271 e. The summed E-state index contributed by atoms with van der Waals surface area (Å²) < 4.78 is 37.5. The summed E-state index contributed by atoms with van der Waals surface area (Å²) in [5.74, 6) is 5.41. The van der Waals surface area contributed by atoms with E-state index in [4.69, 9.17) is 5.84 Å². The van der Waals surface area contributed by atoms with Crippen LogP contribution in [0.5, 0.6) is 0 Å². The molecule has 1 atom stereocenters. The van der Waals surface area contributed by atoms with Gasteiger partial charge in [-0.15, -0.1) is 11.3 Å². The fourth-order valence-electron chi connectivity index (χ4n) is 1.72. The third kappa shape index (κ3) is 3.75. The predicted molar refractivity (Wildman–Crippen MR) is 69.7 cm³/mol. The summed E-state index contributed by atoms with van der Waals surface area (Å²) in [4.78, 5) is 8.02. The van der Waals surface area contributed by atoms with Crippen molar-refractivity contribution in [1.29, 1.82) is 0 Å². The van der Waals surface area contributed by atoms with Gasteiger partial charge in [0.1, 0.15) is 0 Å². The van der Waals surface area contributed by atoms with Crippen molar-refractivity contribution in [3.05, 3.63) is 46.2 Å². The monoisotopic (exact) mass is 302 g/mol. The molecule has 0 aromatic carbocycles. The molecule has 8 heteroatoms. The molecule has 0 amide bonds. The number of halogens is 3. The summed E-state index contributed by atoms with van der Waals surface area (Å²) in [6.07, 6.45) is -0.351. The van der Waals surface area contributed by atoms with E-state index < -0.39 is 11.2 Å². The van der Waals surface area contributed by atoms with Crippen LogP contribution < -0.4 is 11.3 Å². The highest BCUT2D eigenvalue weighted by Gasteiger charge is 2.35. The maximum absolute atomic E-state index is 12.5. The first-order chi connectivity index (χ1) is 9.50. The van der Waals surface area contributed by atoms with Gasteiger partial charge in [-0.1, -0.05) is 6.07 Å². The molecule has 0 fully saturated rings. The molecule has 0 saturated carbocycles. The lowest BCUT2D eigenvalue weighted by atomic mass is 10.1. The summed E-state index contributed by atoms with van der Waals surface area (Å²) in [6, 6.07) is 5.16. The van der Waals surface area contributed by atoms with E-state index in [0.717, 1.165) is 5.69 Å². The number of aryl methyl sites for hydroxylation is 1. The molecule has 4 nitrogen and oxygen atoms in total. The normalized spacial score (nSPS) is 13.4. The predicted octanol–water partition coefficient (Wildman–Crippen LogP) is 2.69. The van der Waals surface area contributed by atoms with Crippen molar-refractivity contribution in [2.24, 2.45) is 5.84 Å². The number of alkyl halides is 3. The molecule has 0 aliphatic rings. The first-order valence-corrected chi connectivity index (χ1v) is 6.71. The van der Waals surface area contributed by atoms with E-state index in [1.54, 1.807) is 12.3 Å². The highest BCUT2D eigenvalue weighted by molar-refractivity contribution is 7.11. The molecule has 2 aromatic rings. The Balaban J connectivity index is 2.03. The molecule has 0 aliphatic heterocycles. The Hall–Kier alpha value is -1.51. The van der Waals surface area contributed by atoms with Crippen LogP contribution in [-0.2, 0) is 12.6 Å². The van der Waals surface area contributed by atoms with Crippen LogP contribution in [0.3, 0.4) is 0 Å². The zero-order valence-electron chi connectivity index (χ0n) is 10.4. The van der Waals surface area contributed by atoms with Crippen molar-refractivity contribution in [1.82, 2.24) is 15.4 Å². The molecule has 2 rings (SSSR count). The average Bonchev–Trinajstić information content (AvgIpc) is 2.90. The van der Waals surface area contributed by atoms with E-state index in [0.29, 0.717) is 29.1 Å². The molecule has 2 aromatic heterocycles. The van der Waals surface area contributed by atoms with E-state index in [-0.39, 0.29) is 6.04 Å². The fourth-order valence-corrected chi connectivity index (χ4v) is 2.60. The van der Waals surface area contributed by atoms with E-state index in [1.165, 1.54) is 6.20 Å². The minimum absolute atomic E-state index is 0.370. The van der Waals surface area contributed by atoms with Gasteiger partial charge in [-0.3, -0.25) is 16.3 Å². The third-order valence-electron chi connectivity index (χ3n) is 2.73. The number of hydrazine groups is 1. The van der Waals surface area contributed by atoms with Crippen molar-refractivity contribution in [3.63, 3.8) is 0 Å². The lowest BCUT2D eigenvalue weighted by Gasteiger charge is -2.13. The quantitative estimate of drug-likeness (QED) is 0.658. The number of rotatable bonds is 5. The van der Waals surface area contributed by atoms with E-state index >= 15 is 0 Å². The van der Waals surface area contributed by atoms with Gasteiger partial charge in [0.25, 0.3) is 0 Å². The molecule has 1 unspecified atom stereocenters. The summed E-state index contributed by atoms with van der Waals surface area (Å²) in [5.41, 5.74) is 3.40. The number of pyridine rings is 1. The Morgan fingerprint density at radius 3 is 2.65 bits per heavy atom. The van der Waals surface area contributed by atoms with Gasteiger partial charge >= 0.3 is 6.18 Å². The van der Waals surface area contributed by atoms with E-state index in [1.807, 2.05) is 12.1 Å². The zero-order valence-corrected chi connectivity index (χ0v) is 11.2. The van der Waals surface area contributed by atoms with Gasteiger partial charge in [-0.2, -0.15) is 13.2 Å². The Morgan fingerprint density at radius 1 is 1.30 bits per heavy atom. The molecule has 2 heterocycles. The van der Waals surface area contributed by atoms with Crippen molar-refractivity contribution in [3.8, 4) is 0 Å². The number of nitrogens with two attached hydrogens (primary N) is 1. The second kappa shape index (κ2) is 6.29. The van der Waals surface area contributed by atoms with Crippen LogP contribution in [0.1, 0.15) is 28.0 Å². The Bertz CT molecular complexity index is 541. The molecule has 0 aliphatic carbocycles. The van der Waals surface area contributed by atoms with Crippen LogP contribution in [0.2, 0.25) is 0 Å². The standard InChI is InChI=1S/C12H13F3N4S/c13-12(14,15)11-18-7-10(20-11)9(19-16)5-4-8-3-1-2-6-17-8/h1-3,6-7,9,19H,4-5,16H2. The van der Waals surface area contributed by atoms with Gasteiger partial charge in [-0.25, -0.2) is 4.98 Å². The van der Waals surface area contributed by atoms with Crippen LogP contribution in [0.4, 0.5) is 13.2 Å². The molecule has 0 radical (unpaired) electrons. The maximum Gasteiger partial charge on any atom is 0.443 e. The van der Waals surface area contributed by atoms with Crippen molar-refractivity contribution < 1.29 is 13.2 Å². The topological polar surface area (TPSA) is 63.8 Å². The van der Waals surface area contributed by atoms with Crippen LogP contribution in [-0.4, -0.2) is 9.97 Å². The lowest BCUT2D eigenvalue weighted by Crippen LogP contribution is -2.27. The van der Waals surface area contributed by atoms with Gasteiger partial charge in [-0.05, 0) is 25.0 Å². The lowest BCUT2D eigenvalue weighted by molar-refractivity contribution is -0.137. The third-order valence-corrected chi connectivity index (χ3v) is 3.88. The van der Waals surface area contributed by atoms with Gasteiger partial charge in [0.05, 0.1) is 6.04 Å². The van der Waals surface area contributed by atoms with Gasteiger partial charge < -0.3 is 0 Å². The number of nitrogens with one attached hydrogen (secondary N) is 1. The zero-order chi connectivity index (χ0) is 14.6. The minimum Gasteiger partial charge on any atom is -0.271 e. The summed E-state index contributed by atoms with van der Waals surface area (Å²) >= 11 is 0.609. The molecule has 3 N–H and O–H groups in total. The highest BCUT2D eigenvalue weighted by Crippen LogP contribution is 2.35. The fraction of sp³-hybridized carbons (Fsp3) is 0.333. The van der Waals surface area contributed by atoms with Crippen LogP contribution in [0, 0.1) is 0 Å². The largest absolute Gasteiger partial charge is 0.443 e. The molecule has 0 bridgehead atoms. The Labute approximate surface area is 117 Å². The maximum atomic E-state index is 12.5. The van der Waals surface area contributed by atoms with Crippen molar-refractivity contribution in [2.45, 2.75) is 25.1 Å². The highest BCUT2D eigenvalue weighted by atomic mass is 32.1. The molecule has 0 saturated heterocycles. The summed E-state index contributed by atoms with van der Waals surface area (Å²) in [5, 5.41) is -0.856.